The van der Waals surface area contributed by atoms with E-state index in [1.54, 1.807) is 12.0 Å². The number of ether oxygens (including phenoxy) is 2. The molecule has 1 aliphatic rings. The number of primary amides is 1. The molecule has 9 nitrogen and oxygen atoms in total. The van der Waals surface area contributed by atoms with Gasteiger partial charge >= 0.3 is 0 Å². The van der Waals surface area contributed by atoms with Gasteiger partial charge in [-0.1, -0.05) is 30.0 Å². The van der Waals surface area contributed by atoms with Crippen LogP contribution in [0.5, 0.6) is 11.5 Å². The highest BCUT2D eigenvalue weighted by Crippen LogP contribution is 2.25. The van der Waals surface area contributed by atoms with Crippen LogP contribution in [-0.2, 0) is 16.2 Å². The van der Waals surface area contributed by atoms with E-state index >= 15 is 0 Å². The van der Waals surface area contributed by atoms with E-state index in [9.17, 15) is 9.59 Å². The molecule has 2 amide bonds. The smallest absolute Gasteiger partial charge is 0.233 e. The highest BCUT2D eigenvalue weighted by Gasteiger charge is 2.27. The van der Waals surface area contributed by atoms with Crippen molar-refractivity contribution in [1.82, 2.24) is 19.7 Å². The van der Waals surface area contributed by atoms with E-state index in [-0.39, 0.29) is 30.1 Å². The van der Waals surface area contributed by atoms with Crippen molar-refractivity contribution in [3.05, 3.63) is 60.4 Å². The average Bonchev–Trinajstić information content (AvgIpc) is 3.29. The molecule has 2 heterocycles. The third-order valence-electron chi connectivity index (χ3n) is 5.64. The molecule has 0 radical (unpaired) electrons. The largest absolute Gasteiger partial charge is 0.497 e. The maximum atomic E-state index is 12.8. The first kappa shape index (κ1) is 23.6. The molecule has 1 fully saturated rings. The second-order valence-corrected chi connectivity index (χ2v) is 8.85. The van der Waals surface area contributed by atoms with E-state index in [0.717, 1.165) is 24.3 Å². The van der Waals surface area contributed by atoms with Crippen molar-refractivity contribution in [2.75, 3.05) is 26.0 Å². The van der Waals surface area contributed by atoms with Gasteiger partial charge in [-0.05, 0) is 49.2 Å². The Kier molecular flexibility index (Phi) is 7.69. The van der Waals surface area contributed by atoms with Gasteiger partial charge in [-0.25, -0.2) is 0 Å². The Hall–Kier alpha value is -3.53. The fourth-order valence-corrected chi connectivity index (χ4v) is 4.67. The predicted octanol–water partition coefficient (Wildman–Crippen LogP) is 2.67. The van der Waals surface area contributed by atoms with Crippen LogP contribution < -0.4 is 15.2 Å². The lowest BCUT2D eigenvalue weighted by atomic mass is 9.97. The Morgan fingerprint density at radius 1 is 1.09 bits per heavy atom. The Morgan fingerprint density at radius 2 is 1.82 bits per heavy atom. The first-order valence-electron chi connectivity index (χ1n) is 11.0. The van der Waals surface area contributed by atoms with E-state index in [1.807, 2.05) is 59.2 Å². The molecule has 10 heteroatoms. The number of hydrogen-bond donors (Lipinski definition) is 1. The summed E-state index contributed by atoms with van der Waals surface area (Å²) in [5.74, 6) is 1.56. The molecule has 0 saturated carbocycles. The molecule has 3 aromatic rings. The number of aromatic nitrogens is 3. The fraction of sp³-hybridized carbons (Fsp3) is 0.333. The molecule has 0 spiro atoms. The maximum Gasteiger partial charge on any atom is 0.233 e. The highest BCUT2D eigenvalue weighted by atomic mass is 32.2. The monoisotopic (exact) mass is 481 g/mol. The minimum absolute atomic E-state index is 0.0467. The Labute approximate surface area is 202 Å². The van der Waals surface area contributed by atoms with Crippen LogP contribution in [0.3, 0.4) is 0 Å². The predicted molar refractivity (Wildman–Crippen MR) is 128 cm³/mol. The molecule has 1 saturated heterocycles. The molecule has 1 unspecified atom stereocenters. The summed E-state index contributed by atoms with van der Waals surface area (Å²) in [5, 5.41) is 9.24. The summed E-state index contributed by atoms with van der Waals surface area (Å²) in [6, 6.07) is 17.0. The van der Waals surface area contributed by atoms with Crippen molar-refractivity contribution in [2.45, 2.75) is 24.6 Å². The van der Waals surface area contributed by atoms with Gasteiger partial charge in [-0.2, -0.15) is 0 Å². The van der Waals surface area contributed by atoms with Gasteiger partial charge in [-0.15, -0.1) is 10.2 Å². The van der Waals surface area contributed by atoms with Crippen LogP contribution in [0.15, 0.2) is 59.8 Å². The molecule has 1 atom stereocenters. The highest BCUT2D eigenvalue weighted by molar-refractivity contribution is 7.99. The van der Waals surface area contributed by atoms with Crippen molar-refractivity contribution in [3.63, 3.8) is 0 Å². The van der Waals surface area contributed by atoms with Crippen LogP contribution >= 0.6 is 11.8 Å². The van der Waals surface area contributed by atoms with Crippen molar-refractivity contribution < 1.29 is 19.1 Å². The van der Waals surface area contributed by atoms with Crippen LogP contribution in [0.1, 0.15) is 18.7 Å². The lowest BCUT2D eigenvalue weighted by Gasteiger charge is -2.31. The van der Waals surface area contributed by atoms with Gasteiger partial charge < -0.3 is 20.1 Å². The number of benzene rings is 2. The summed E-state index contributed by atoms with van der Waals surface area (Å²) in [7, 11) is 1.61. The lowest BCUT2D eigenvalue weighted by Crippen LogP contribution is -2.44. The Bertz CT molecular complexity index is 1120. The number of nitrogens with zero attached hydrogens (tertiary/aromatic N) is 4. The van der Waals surface area contributed by atoms with E-state index < -0.39 is 0 Å². The number of carbonyl (C=O) groups is 2. The zero-order chi connectivity index (χ0) is 23.9. The SMILES string of the molecule is COc1ccc(OCc2nnc(SCC(=O)N3CCCC(C(N)=O)C3)n2-c2ccccc2)cc1. The molecule has 34 heavy (non-hydrogen) atoms. The first-order chi connectivity index (χ1) is 16.5. The Morgan fingerprint density at radius 3 is 2.53 bits per heavy atom. The number of nitrogens with two attached hydrogens (primary N) is 1. The van der Waals surface area contributed by atoms with Crippen LogP contribution in [0.2, 0.25) is 0 Å². The van der Waals surface area contributed by atoms with Crippen molar-refractivity contribution in [3.8, 4) is 17.2 Å². The summed E-state index contributed by atoms with van der Waals surface area (Å²) in [6.45, 7) is 1.21. The Balaban J connectivity index is 1.47. The van der Waals surface area contributed by atoms with Gasteiger partial charge in [0, 0.05) is 18.8 Å². The van der Waals surface area contributed by atoms with Gasteiger partial charge in [0.05, 0.1) is 18.8 Å². The number of methoxy groups -OCH3 is 1. The molecule has 1 aromatic heterocycles. The number of hydrogen-bond acceptors (Lipinski definition) is 7. The standard InChI is InChI=1S/C24H27N5O4S/c1-32-19-9-11-20(12-10-19)33-15-21-26-27-24(29(21)18-7-3-2-4-8-18)34-16-22(30)28-13-5-6-17(14-28)23(25)31/h2-4,7-12,17H,5-6,13-16H2,1H3,(H2,25,31). The summed E-state index contributed by atoms with van der Waals surface area (Å²) >= 11 is 1.31. The average molecular weight is 482 g/mol. The molecule has 0 aliphatic carbocycles. The summed E-state index contributed by atoms with van der Waals surface area (Å²) in [6.07, 6.45) is 1.50. The molecule has 1 aliphatic heterocycles. The van der Waals surface area contributed by atoms with Crippen LogP contribution in [-0.4, -0.2) is 57.4 Å². The van der Waals surface area contributed by atoms with Crippen molar-refractivity contribution in [1.29, 1.82) is 0 Å². The first-order valence-corrected chi connectivity index (χ1v) is 12.0. The number of carbonyl (C=O) groups excluding carboxylic acids is 2. The maximum absolute atomic E-state index is 12.8. The van der Waals surface area contributed by atoms with E-state index in [0.29, 0.717) is 29.8 Å². The normalized spacial score (nSPS) is 15.7. The summed E-state index contributed by atoms with van der Waals surface area (Å²) in [5.41, 5.74) is 6.32. The second kappa shape index (κ2) is 11.1. The number of amides is 2. The zero-order valence-corrected chi connectivity index (χ0v) is 19.7. The lowest BCUT2D eigenvalue weighted by molar-refractivity contribution is -0.132. The molecule has 178 valence electrons. The van der Waals surface area contributed by atoms with Gasteiger partial charge in [-0.3, -0.25) is 14.2 Å². The van der Waals surface area contributed by atoms with Gasteiger partial charge in [0.25, 0.3) is 0 Å². The quantitative estimate of drug-likeness (QED) is 0.468. The molecule has 2 aromatic carbocycles. The summed E-state index contributed by atoms with van der Waals surface area (Å²) < 4.78 is 13.0. The van der Waals surface area contributed by atoms with Gasteiger partial charge in [0.2, 0.25) is 11.8 Å². The zero-order valence-electron chi connectivity index (χ0n) is 18.9. The van der Waals surface area contributed by atoms with Gasteiger partial charge in [0.1, 0.15) is 18.1 Å². The number of likely N-dealkylation sites (tertiary alicyclic amines) is 1. The van der Waals surface area contributed by atoms with Crippen LogP contribution in [0.4, 0.5) is 0 Å². The number of piperidine rings is 1. The minimum Gasteiger partial charge on any atom is -0.497 e. The third-order valence-corrected chi connectivity index (χ3v) is 6.56. The third kappa shape index (κ3) is 5.69. The van der Waals surface area contributed by atoms with Crippen LogP contribution in [0.25, 0.3) is 5.69 Å². The molecule has 0 bridgehead atoms. The number of para-hydroxylation sites is 1. The van der Waals surface area contributed by atoms with Gasteiger partial charge in [0.15, 0.2) is 11.0 Å². The molecular formula is C24H27N5O4S. The van der Waals surface area contributed by atoms with Crippen molar-refractivity contribution in [2.24, 2.45) is 11.7 Å². The van der Waals surface area contributed by atoms with E-state index in [1.165, 1.54) is 11.8 Å². The number of thioether (sulfide) groups is 1. The molecule has 4 rings (SSSR count). The summed E-state index contributed by atoms with van der Waals surface area (Å²) in [4.78, 5) is 26.1. The van der Waals surface area contributed by atoms with Crippen molar-refractivity contribution >= 4 is 23.6 Å². The molecular weight excluding hydrogens is 454 g/mol. The minimum atomic E-state index is -0.351. The fourth-order valence-electron chi connectivity index (χ4n) is 3.80. The second-order valence-electron chi connectivity index (χ2n) is 7.90. The van der Waals surface area contributed by atoms with E-state index in [4.69, 9.17) is 15.2 Å². The van der Waals surface area contributed by atoms with E-state index in [2.05, 4.69) is 10.2 Å². The van der Waals surface area contributed by atoms with Crippen LogP contribution in [0, 0.1) is 5.92 Å². The molecule has 2 N–H and O–H groups in total. The number of rotatable bonds is 9. The topological polar surface area (TPSA) is 113 Å².